The molecule has 1 aliphatic rings. The van der Waals surface area contributed by atoms with Crippen molar-refractivity contribution in [3.8, 4) is 0 Å². The first-order valence-corrected chi connectivity index (χ1v) is 3.92. The zero-order valence-corrected chi connectivity index (χ0v) is 6.96. The topological polar surface area (TPSA) is 46.5 Å². The van der Waals surface area contributed by atoms with Gasteiger partial charge in [-0.25, -0.2) is 4.79 Å². The van der Waals surface area contributed by atoms with Gasteiger partial charge in [0.25, 0.3) is 0 Å². The van der Waals surface area contributed by atoms with Gasteiger partial charge in [0.1, 0.15) is 0 Å². The van der Waals surface area contributed by atoms with Gasteiger partial charge in [0.05, 0.1) is 0 Å². The molecule has 1 atom stereocenters. The van der Waals surface area contributed by atoms with E-state index in [2.05, 4.69) is 0 Å². The summed E-state index contributed by atoms with van der Waals surface area (Å²) in [5.41, 5.74) is -0.0411. The molecule has 3 nitrogen and oxygen atoms in total. The second kappa shape index (κ2) is 2.81. The van der Waals surface area contributed by atoms with Crippen LogP contribution in [0.4, 0.5) is 0 Å². The molecule has 3 heteroatoms. The Kier molecular flexibility index (Phi) is 2.18. The third-order valence-corrected chi connectivity index (χ3v) is 2.61. The van der Waals surface area contributed by atoms with Crippen LogP contribution in [0.5, 0.6) is 0 Å². The van der Waals surface area contributed by atoms with Crippen molar-refractivity contribution in [1.29, 1.82) is 0 Å². The predicted octanol–water partition coefficient (Wildman–Crippen LogP) is 1.28. The Labute approximate surface area is 66.4 Å². The summed E-state index contributed by atoms with van der Waals surface area (Å²) >= 11 is 0. The molecule has 0 saturated heterocycles. The van der Waals surface area contributed by atoms with Crippen LogP contribution in [0.2, 0.25) is 0 Å². The Bertz CT molecular complexity index is 161. The molecule has 0 aromatic rings. The highest BCUT2D eigenvalue weighted by Gasteiger charge is 2.51. The first kappa shape index (κ1) is 8.53. The van der Waals surface area contributed by atoms with Crippen LogP contribution in [-0.2, 0) is 9.53 Å². The maximum atomic E-state index is 10.7. The lowest BCUT2D eigenvalue weighted by Crippen LogP contribution is -2.32. The molecule has 0 aliphatic heterocycles. The molecule has 0 spiro atoms. The maximum absolute atomic E-state index is 10.7. The Morgan fingerprint density at radius 1 is 1.73 bits per heavy atom. The number of carboxylic acids is 1. The number of carboxylic acid groups (broad SMARTS) is 1. The highest BCUT2D eigenvalue weighted by Crippen LogP contribution is 2.52. The molecule has 64 valence electrons. The molecule has 1 rings (SSSR count). The molecule has 0 aromatic carbocycles. The van der Waals surface area contributed by atoms with Crippen LogP contribution in [0.1, 0.15) is 26.2 Å². The second-order valence-corrected chi connectivity index (χ2v) is 3.17. The first-order chi connectivity index (χ1) is 5.16. The minimum Gasteiger partial charge on any atom is -0.479 e. The Hall–Kier alpha value is -0.570. The SMILES string of the molecule is CCC1(C(OC)C(=O)O)CC1. The zero-order valence-electron chi connectivity index (χ0n) is 6.96. The molecule has 1 unspecified atom stereocenters. The van der Waals surface area contributed by atoms with E-state index in [9.17, 15) is 4.79 Å². The van der Waals surface area contributed by atoms with Crippen molar-refractivity contribution < 1.29 is 14.6 Å². The van der Waals surface area contributed by atoms with E-state index in [1.165, 1.54) is 7.11 Å². The fourth-order valence-corrected chi connectivity index (χ4v) is 1.57. The smallest absolute Gasteiger partial charge is 0.333 e. The van der Waals surface area contributed by atoms with Crippen molar-refractivity contribution in [3.05, 3.63) is 0 Å². The quantitative estimate of drug-likeness (QED) is 0.670. The number of hydrogen-bond donors (Lipinski definition) is 1. The molecule has 1 fully saturated rings. The molecule has 0 amide bonds. The van der Waals surface area contributed by atoms with Gasteiger partial charge < -0.3 is 9.84 Å². The van der Waals surface area contributed by atoms with Crippen molar-refractivity contribution in [2.75, 3.05) is 7.11 Å². The molecule has 1 aliphatic carbocycles. The van der Waals surface area contributed by atoms with Gasteiger partial charge >= 0.3 is 5.97 Å². The Balaban J connectivity index is 2.61. The van der Waals surface area contributed by atoms with Crippen LogP contribution in [0.25, 0.3) is 0 Å². The van der Waals surface area contributed by atoms with Gasteiger partial charge in [-0.3, -0.25) is 0 Å². The van der Waals surface area contributed by atoms with E-state index in [0.717, 1.165) is 19.3 Å². The molecule has 0 aromatic heterocycles. The van der Waals surface area contributed by atoms with E-state index in [4.69, 9.17) is 9.84 Å². The molecule has 0 bridgehead atoms. The minimum absolute atomic E-state index is 0.0411. The molecule has 0 heterocycles. The van der Waals surface area contributed by atoms with Crippen LogP contribution in [0, 0.1) is 5.41 Å². The van der Waals surface area contributed by atoms with E-state index in [0.29, 0.717) is 0 Å². The van der Waals surface area contributed by atoms with Crippen molar-refractivity contribution in [1.82, 2.24) is 0 Å². The van der Waals surface area contributed by atoms with Crippen molar-refractivity contribution in [2.45, 2.75) is 32.3 Å². The van der Waals surface area contributed by atoms with Gasteiger partial charge in [-0.2, -0.15) is 0 Å². The largest absolute Gasteiger partial charge is 0.479 e. The van der Waals surface area contributed by atoms with Gasteiger partial charge in [0.2, 0.25) is 0 Å². The number of methoxy groups -OCH3 is 1. The molecule has 0 radical (unpaired) electrons. The maximum Gasteiger partial charge on any atom is 0.333 e. The summed E-state index contributed by atoms with van der Waals surface area (Å²) in [6, 6.07) is 0. The van der Waals surface area contributed by atoms with Crippen LogP contribution in [-0.4, -0.2) is 24.3 Å². The molecular weight excluding hydrogens is 144 g/mol. The summed E-state index contributed by atoms with van der Waals surface area (Å²) in [4.78, 5) is 10.7. The highest BCUT2D eigenvalue weighted by atomic mass is 16.5. The van der Waals surface area contributed by atoms with Crippen molar-refractivity contribution in [3.63, 3.8) is 0 Å². The summed E-state index contributed by atoms with van der Waals surface area (Å²) in [7, 11) is 1.47. The minimum atomic E-state index is -0.827. The third kappa shape index (κ3) is 1.38. The lowest BCUT2D eigenvalue weighted by atomic mass is 9.96. The van der Waals surface area contributed by atoms with Gasteiger partial charge in [0, 0.05) is 12.5 Å². The summed E-state index contributed by atoms with van der Waals surface area (Å²) in [5, 5.41) is 8.75. The Morgan fingerprint density at radius 3 is 2.36 bits per heavy atom. The lowest BCUT2D eigenvalue weighted by molar-refractivity contribution is -0.153. The monoisotopic (exact) mass is 158 g/mol. The van der Waals surface area contributed by atoms with E-state index in [1.807, 2.05) is 6.92 Å². The predicted molar refractivity (Wildman–Crippen MR) is 40.4 cm³/mol. The summed E-state index contributed by atoms with van der Waals surface area (Å²) in [6.45, 7) is 2.02. The number of carbonyl (C=O) groups is 1. The summed E-state index contributed by atoms with van der Waals surface area (Å²) < 4.78 is 4.93. The zero-order chi connectivity index (χ0) is 8.48. The van der Waals surface area contributed by atoms with Crippen LogP contribution in [0.3, 0.4) is 0 Å². The van der Waals surface area contributed by atoms with E-state index in [1.54, 1.807) is 0 Å². The standard InChI is InChI=1S/C8H14O3/c1-3-8(4-5-8)6(11-2)7(9)10/h6H,3-5H2,1-2H3,(H,9,10). The van der Waals surface area contributed by atoms with Crippen LogP contribution >= 0.6 is 0 Å². The summed E-state index contributed by atoms with van der Waals surface area (Å²) in [6.07, 6.45) is 2.30. The Morgan fingerprint density at radius 2 is 2.27 bits per heavy atom. The van der Waals surface area contributed by atoms with E-state index < -0.39 is 12.1 Å². The lowest BCUT2D eigenvalue weighted by Gasteiger charge is -2.19. The van der Waals surface area contributed by atoms with Gasteiger partial charge in [0.15, 0.2) is 6.10 Å². The number of ether oxygens (including phenoxy) is 1. The summed E-state index contributed by atoms with van der Waals surface area (Å²) in [5.74, 6) is -0.827. The van der Waals surface area contributed by atoms with Gasteiger partial charge in [-0.1, -0.05) is 6.92 Å². The van der Waals surface area contributed by atoms with E-state index in [-0.39, 0.29) is 5.41 Å². The molecule has 11 heavy (non-hydrogen) atoms. The van der Waals surface area contributed by atoms with Crippen molar-refractivity contribution >= 4 is 5.97 Å². The fraction of sp³-hybridized carbons (Fsp3) is 0.875. The van der Waals surface area contributed by atoms with Crippen LogP contribution in [0.15, 0.2) is 0 Å². The normalized spacial score (nSPS) is 22.7. The molecule has 1 N–H and O–H groups in total. The van der Waals surface area contributed by atoms with Crippen LogP contribution < -0.4 is 0 Å². The van der Waals surface area contributed by atoms with E-state index >= 15 is 0 Å². The van der Waals surface area contributed by atoms with Gasteiger partial charge in [-0.15, -0.1) is 0 Å². The van der Waals surface area contributed by atoms with Crippen molar-refractivity contribution in [2.24, 2.45) is 5.41 Å². The molecule has 1 saturated carbocycles. The number of aliphatic carboxylic acids is 1. The fourth-order valence-electron chi connectivity index (χ4n) is 1.57. The second-order valence-electron chi connectivity index (χ2n) is 3.17. The number of hydrogen-bond acceptors (Lipinski definition) is 2. The number of rotatable bonds is 4. The first-order valence-electron chi connectivity index (χ1n) is 3.92. The molecular formula is C8H14O3. The third-order valence-electron chi connectivity index (χ3n) is 2.61. The average molecular weight is 158 g/mol. The highest BCUT2D eigenvalue weighted by molar-refractivity contribution is 5.74. The average Bonchev–Trinajstić information content (AvgIpc) is 2.70. The van der Waals surface area contributed by atoms with Gasteiger partial charge in [-0.05, 0) is 19.3 Å².